The minimum atomic E-state index is -0.900. The Labute approximate surface area is 133 Å². The molecule has 0 radical (unpaired) electrons. The first-order chi connectivity index (χ1) is 8.75. The summed E-state index contributed by atoms with van der Waals surface area (Å²) in [6.45, 7) is 0.816. The van der Waals surface area contributed by atoms with Gasteiger partial charge in [0, 0.05) is 40.4 Å². The van der Waals surface area contributed by atoms with E-state index in [9.17, 15) is 9.90 Å². The molecule has 0 aliphatic heterocycles. The average molecular weight is 354 g/mol. The third-order valence-electron chi connectivity index (χ3n) is 2.70. The minimum absolute atomic E-state index is 0. The van der Waals surface area contributed by atoms with Gasteiger partial charge in [0.15, 0.2) is 0 Å². The van der Waals surface area contributed by atoms with Crippen molar-refractivity contribution in [1.29, 1.82) is 0 Å². The Balaban J connectivity index is 0.00000180. The largest absolute Gasteiger partial charge is 0.465 e. The molecule has 4 heteroatoms. The van der Waals surface area contributed by atoms with E-state index in [4.69, 9.17) is 0 Å². The molecule has 3 nitrogen and oxygen atoms in total. The van der Waals surface area contributed by atoms with Crippen LogP contribution in [0.15, 0.2) is 60.7 Å². The van der Waals surface area contributed by atoms with Gasteiger partial charge in [-0.25, -0.2) is 4.79 Å². The second kappa shape index (κ2) is 7.93. The second-order valence-corrected chi connectivity index (χ2v) is 4.11. The fourth-order valence-electron chi connectivity index (χ4n) is 1.80. The zero-order chi connectivity index (χ0) is 12.8. The van der Waals surface area contributed by atoms with Crippen molar-refractivity contribution in [2.24, 2.45) is 0 Å². The van der Waals surface area contributed by atoms with Crippen molar-refractivity contribution in [2.45, 2.75) is 13.1 Å². The van der Waals surface area contributed by atoms with Crippen LogP contribution in [0.2, 0.25) is 0 Å². The van der Waals surface area contributed by atoms with Gasteiger partial charge in [0.1, 0.15) is 0 Å². The van der Waals surface area contributed by atoms with Gasteiger partial charge in [-0.1, -0.05) is 60.7 Å². The van der Waals surface area contributed by atoms with Gasteiger partial charge in [-0.2, -0.15) is 0 Å². The zero-order valence-corrected chi connectivity index (χ0v) is 14.7. The van der Waals surface area contributed by atoms with Crippen LogP contribution in [0.5, 0.6) is 0 Å². The van der Waals surface area contributed by atoms with Crippen molar-refractivity contribution in [3.63, 3.8) is 0 Å². The van der Waals surface area contributed by atoms with E-state index in [1.54, 1.807) is 0 Å². The van der Waals surface area contributed by atoms with Crippen LogP contribution in [0.1, 0.15) is 11.1 Å². The maximum absolute atomic E-state index is 11.2. The van der Waals surface area contributed by atoms with Crippen molar-refractivity contribution in [2.75, 3.05) is 0 Å². The van der Waals surface area contributed by atoms with Gasteiger partial charge in [-0.3, -0.25) is 4.90 Å². The fraction of sp³-hybridized carbons (Fsp3) is 0.133. The van der Waals surface area contributed by atoms with E-state index in [0.717, 1.165) is 11.1 Å². The summed E-state index contributed by atoms with van der Waals surface area (Å²) in [5, 5.41) is 9.22. The van der Waals surface area contributed by atoms with Crippen molar-refractivity contribution in [3.05, 3.63) is 71.8 Å². The molecule has 0 aromatic heterocycles. The number of amides is 1. The predicted molar refractivity (Wildman–Crippen MR) is 70.2 cm³/mol. The summed E-state index contributed by atoms with van der Waals surface area (Å²) >= 11 is 0. The maximum Gasteiger partial charge on any atom is 0.407 e. The molecule has 2 aromatic rings. The molecule has 0 bridgehead atoms. The van der Waals surface area contributed by atoms with Crippen molar-refractivity contribution < 1.29 is 37.2 Å². The molecule has 0 heterocycles. The SMILES string of the molecule is O=C(O)N(Cc1ccccc1)Cc1ccccc1.[Cd]. The first-order valence-electron chi connectivity index (χ1n) is 5.81. The summed E-state index contributed by atoms with van der Waals surface area (Å²) in [5.41, 5.74) is 1.99. The van der Waals surface area contributed by atoms with E-state index in [2.05, 4.69) is 0 Å². The third-order valence-corrected chi connectivity index (χ3v) is 2.70. The molecule has 1 N–H and O–H groups in total. The number of carbonyl (C=O) groups is 1. The molecule has 0 saturated carbocycles. The molecule has 0 aliphatic carbocycles. The molecule has 0 unspecified atom stereocenters. The minimum Gasteiger partial charge on any atom is -0.465 e. The van der Waals surface area contributed by atoms with E-state index in [0.29, 0.717) is 13.1 Å². The zero-order valence-electron chi connectivity index (χ0n) is 10.7. The number of hydrogen-bond donors (Lipinski definition) is 1. The van der Waals surface area contributed by atoms with Gasteiger partial charge in [0.2, 0.25) is 0 Å². The Kier molecular flexibility index (Phi) is 6.55. The summed E-state index contributed by atoms with van der Waals surface area (Å²) < 4.78 is 0. The van der Waals surface area contributed by atoms with E-state index >= 15 is 0 Å². The van der Waals surface area contributed by atoms with E-state index in [1.165, 1.54) is 4.90 Å². The second-order valence-electron chi connectivity index (χ2n) is 4.11. The monoisotopic (exact) mass is 355 g/mol. The fourth-order valence-corrected chi connectivity index (χ4v) is 1.80. The molecule has 2 aromatic carbocycles. The Morgan fingerprint density at radius 1 is 0.842 bits per heavy atom. The smallest absolute Gasteiger partial charge is 0.407 e. The number of rotatable bonds is 4. The van der Waals surface area contributed by atoms with E-state index in [1.807, 2.05) is 60.7 Å². The third kappa shape index (κ3) is 5.02. The predicted octanol–water partition coefficient (Wildman–Crippen LogP) is 3.36. The van der Waals surface area contributed by atoms with Crippen LogP contribution in [0.25, 0.3) is 0 Å². The topological polar surface area (TPSA) is 40.5 Å². The average Bonchev–Trinajstić information content (AvgIpc) is 2.40. The van der Waals surface area contributed by atoms with Crippen molar-refractivity contribution in [3.8, 4) is 0 Å². The molecule has 0 saturated heterocycles. The van der Waals surface area contributed by atoms with Crippen molar-refractivity contribution in [1.82, 2.24) is 4.90 Å². The van der Waals surface area contributed by atoms with Gasteiger partial charge < -0.3 is 5.11 Å². The van der Waals surface area contributed by atoms with E-state index < -0.39 is 6.09 Å². The summed E-state index contributed by atoms with van der Waals surface area (Å²) in [6.07, 6.45) is -0.900. The van der Waals surface area contributed by atoms with Crippen LogP contribution in [-0.2, 0) is 40.4 Å². The standard InChI is InChI=1S/C15H15NO2.Cd/c17-15(18)16(11-13-7-3-1-4-8-13)12-14-9-5-2-6-10-14;/h1-10H,11-12H2,(H,17,18);. The molecule has 2 rings (SSSR count). The summed E-state index contributed by atoms with van der Waals surface area (Å²) in [5.74, 6) is 0. The van der Waals surface area contributed by atoms with Crippen LogP contribution in [0.3, 0.4) is 0 Å². The van der Waals surface area contributed by atoms with Gasteiger partial charge >= 0.3 is 6.09 Å². The number of hydrogen-bond acceptors (Lipinski definition) is 1. The van der Waals surface area contributed by atoms with Crippen LogP contribution < -0.4 is 0 Å². The quantitative estimate of drug-likeness (QED) is 0.856. The molecule has 0 spiro atoms. The summed E-state index contributed by atoms with van der Waals surface area (Å²) in [6, 6.07) is 19.2. The van der Waals surface area contributed by atoms with Gasteiger partial charge in [-0.05, 0) is 11.1 Å². The number of benzene rings is 2. The van der Waals surface area contributed by atoms with Crippen LogP contribution in [0, 0.1) is 0 Å². The Morgan fingerprint density at radius 3 is 1.53 bits per heavy atom. The summed E-state index contributed by atoms with van der Waals surface area (Å²) in [7, 11) is 0. The molecule has 19 heavy (non-hydrogen) atoms. The molecule has 0 atom stereocenters. The maximum atomic E-state index is 11.2. The normalized spacial score (nSPS) is 9.47. The number of carboxylic acid groups (broad SMARTS) is 1. The molecule has 1 amide bonds. The molecule has 94 valence electrons. The van der Waals surface area contributed by atoms with Gasteiger partial charge in [0.05, 0.1) is 0 Å². The Hall–Kier alpha value is -1.37. The first kappa shape index (κ1) is 15.7. The van der Waals surface area contributed by atoms with Crippen LogP contribution in [0.4, 0.5) is 4.79 Å². The van der Waals surface area contributed by atoms with E-state index in [-0.39, 0.29) is 27.3 Å². The molecule has 0 fully saturated rings. The van der Waals surface area contributed by atoms with Crippen LogP contribution >= 0.6 is 0 Å². The number of nitrogens with zero attached hydrogens (tertiary/aromatic N) is 1. The first-order valence-corrected chi connectivity index (χ1v) is 5.81. The molecule has 0 aliphatic rings. The van der Waals surface area contributed by atoms with Crippen LogP contribution in [-0.4, -0.2) is 16.1 Å². The Bertz CT molecular complexity index is 461. The van der Waals surface area contributed by atoms with Crippen molar-refractivity contribution >= 4 is 6.09 Å². The van der Waals surface area contributed by atoms with Gasteiger partial charge in [-0.15, -0.1) is 0 Å². The molecular formula is C15H15CdNO2. The Morgan fingerprint density at radius 2 is 1.21 bits per heavy atom. The summed E-state index contributed by atoms with van der Waals surface area (Å²) in [4.78, 5) is 12.6. The van der Waals surface area contributed by atoms with Gasteiger partial charge in [0.25, 0.3) is 0 Å². The molecular weight excluding hydrogens is 339 g/mol.